The molecule has 0 bridgehead atoms. The average Bonchev–Trinajstić information content (AvgIpc) is 3.20. The van der Waals surface area contributed by atoms with E-state index in [1.165, 1.54) is 19.1 Å². The zero-order valence-electron chi connectivity index (χ0n) is 16.1. The van der Waals surface area contributed by atoms with Crippen molar-refractivity contribution in [3.63, 3.8) is 0 Å². The van der Waals surface area contributed by atoms with Crippen molar-refractivity contribution in [2.24, 2.45) is 0 Å². The van der Waals surface area contributed by atoms with Crippen molar-refractivity contribution in [1.29, 1.82) is 0 Å². The molecule has 150 valence electrons. The number of carbonyl (C=O) groups is 1. The minimum absolute atomic E-state index is 0.125. The fourth-order valence-electron chi connectivity index (χ4n) is 3.56. The Hall–Kier alpha value is -3.19. The number of aliphatic hydroxyl groups excluding tert-OH is 1. The van der Waals surface area contributed by atoms with Gasteiger partial charge in [0.1, 0.15) is 23.2 Å². The lowest BCUT2D eigenvalue weighted by Gasteiger charge is -2.36. The molecule has 1 aliphatic heterocycles. The summed E-state index contributed by atoms with van der Waals surface area (Å²) in [6, 6.07) is 15.8. The summed E-state index contributed by atoms with van der Waals surface area (Å²) in [6.07, 6.45) is -0.985. The van der Waals surface area contributed by atoms with Gasteiger partial charge in [-0.3, -0.25) is 4.79 Å². The van der Waals surface area contributed by atoms with Crippen LogP contribution in [0, 0.1) is 5.82 Å². The minimum atomic E-state index is -0.985. The number of anilines is 1. The van der Waals surface area contributed by atoms with E-state index in [1.54, 1.807) is 17.0 Å². The fraction of sp³-hybridized carbons (Fsp3) is 0.273. The lowest BCUT2D eigenvalue weighted by molar-refractivity contribution is 0.0735. The molecule has 1 fully saturated rings. The zero-order valence-corrected chi connectivity index (χ0v) is 16.1. The number of rotatable bonds is 4. The van der Waals surface area contributed by atoms with E-state index in [1.807, 2.05) is 18.2 Å². The molecule has 3 aromatic rings. The molecule has 0 spiro atoms. The molecule has 0 radical (unpaired) electrons. The van der Waals surface area contributed by atoms with E-state index < -0.39 is 6.10 Å². The molecule has 1 aliphatic rings. The monoisotopic (exact) mass is 395 g/mol. The van der Waals surface area contributed by atoms with Crippen molar-refractivity contribution in [3.05, 3.63) is 71.7 Å². The van der Waals surface area contributed by atoms with Crippen LogP contribution in [0.15, 0.2) is 59.1 Å². The summed E-state index contributed by atoms with van der Waals surface area (Å²) in [6.45, 7) is 4.02. The molecule has 1 amide bonds. The number of nitrogens with zero attached hydrogens (tertiary/aromatic N) is 3. The molecule has 4 rings (SSSR count). The van der Waals surface area contributed by atoms with Crippen LogP contribution in [0.4, 0.5) is 10.1 Å². The lowest BCUT2D eigenvalue weighted by Crippen LogP contribution is -2.49. The predicted molar refractivity (Wildman–Crippen MR) is 107 cm³/mol. The first kappa shape index (κ1) is 19.1. The van der Waals surface area contributed by atoms with Crippen molar-refractivity contribution in [2.45, 2.75) is 13.0 Å². The van der Waals surface area contributed by atoms with E-state index in [9.17, 15) is 14.3 Å². The third-order valence-corrected chi connectivity index (χ3v) is 5.12. The van der Waals surface area contributed by atoms with Crippen LogP contribution in [0.1, 0.15) is 29.1 Å². The van der Waals surface area contributed by atoms with Gasteiger partial charge in [-0.15, -0.1) is 0 Å². The van der Waals surface area contributed by atoms with Crippen molar-refractivity contribution in [1.82, 2.24) is 10.1 Å². The number of hydrogen-bond donors (Lipinski definition) is 1. The first-order valence-electron chi connectivity index (χ1n) is 9.57. The number of piperazine rings is 1. The van der Waals surface area contributed by atoms with E-state index >= 15 is 0 Å². The molecule has 1 N–H and O–H groups in total. The summed E-state index contributed by atoms with van der Waals surface area (Å²) < 4.78 is 18.6. The van der Waals surface area contributed by atoms with Gasteiger partial charge in [0.2, 0.25) is 0 Å². The van der Waals surface area contributed by atoms with Crippen molar-refractivity contribution < 1.29 is 18.8 Å². The van der Waals surface area contributed by atoms with E-state index in [-0.39, 0.29) is 23.0 Å². The SMILES string of the molecule is C[C@H](O)c1onc(-c2ccc(F)cc2)c1C(=O)N1CCN(c2ccccc2)CC1. The summed E-state index contributed by atoms with van der Waals surface area (Å²) in [5.74, 6) is -0.494. The second kappa shape index (κ2) is 8.05. The van der Waals surface area contributed by atoms with Gasteiger partial charge in [-0.2, -0.15) is 0 Å². The Kier molecular flexibility index (Phi) is 5.31. The first-order valence-corrected chi connectivity index (χ1v) is 9.57. The molecule has 29 heavy (non-hydrogen) atoms. The Morgan fingerprint density at radius 1 is 1.07 bits per heavy atom. The summed E-state index contributed by atoms with van der Waals surface area (Å²) in [5.41, 5.74) is 2.24. The molecule has 2 heterocycles. The number of aromatic nitrogens is 1. The molecular formula is C22H22FN3O3. The molecule has 1 aromatic heterocycles. The molecule has 7 heteroatoms. The van der Waals surface area contributed by atoms with Crippen molar-refractivity contribution in [3.8, 4) is 11.3 Å². The number of halogens is 1. The summed E-state index contributed by atoms with van der Waals surface area (Å²) in [4.78, 5) is 17.3. The van der Waals surface area contributed by atoms with E-state index in [0.29, 0.717) is 37.4 Å². The highest BCUT2D eigenvalue weighted by Gasteiger charge is 2.31. The standard InChI is InChI=1S/C22H22FN3O3/c1-15(27)21-19(20(24-29-21)16-7-9-17(23)10-8-16)22(28)26-13-11-25(12-14-26)18-5-3-2-4-6-18/h2-10,15,27H,11-14H2,1H3/t15-/m0/s1. The number of amides is 1. The van der Waals surface area contributed by atoms with Crippen LogP contribution in [0.5, 0.6) is 0 Å². The quantitative estimate of drug-likeness (QED) is 0.732. The highest BCUT2D eigenvalue weighted by molar-refractivity contribution is 6.01. The van der Waals surface area contributed by atoms with Gasteiger partial charge in [0, 0.05) is 37.4 Å². The Balaban J connectivity index is 1.58. The normalized spacial score (nSPS) is 15.4. The molecule has 0 saturated carbocycles. The van der Waals surface area contributed by atoms with Gasteiger partial charge >= 0.3 is 0 Å². The number of hydrogen-bond acceptors (Lipinski definition) is 5. The van der Waals surface area contributed by atoms with Crippen molar-refractivity contribution in [2.75, 3.05) is 31.1 Å². The minimum Gasteiger partial charge on any atom is -0.385 e. The number of carbonyl (C=O) groups excluding carboxylic acids is 1. The summed E-state index contributed by atoms with van der Waals surface area (Å²) in [7, 11) is 0. The van der Waals surface area contributed by atoms with Crippen LogP contribution in [0.2, 0.25) is 0 Å². The van der Waals surface area contributed by atoms with Gasteiger partial charge in [-0.05, 0) is 43.3 Å². The largest absolute Gasteiger partial charge is 0.385 e. The zero-order chi connectivity index (χ0) is 20.4. The van der Waals surface area contributed by atoms with Crippen LogP contribution in [0.3, 0.4) is 0 Å². The Labute approximate surface area is 168 Å². The van der Waals surface area contributed by atoms with Crippen LogP contribution in [-0.4, -0.2) is 47.2 Å². The van der Waals surface area contributed by atoms with Gasteiger partial charge < -0.3 is 19.4 Å². The fourth-order valence-corrected chi connectivity index (χ4v) is 3.56. The van der Waals surface area contributed by atoms with Gasteiger partial charge in [0.15, 0.2) is 5.76 Å². The molecule has 1 atom stereocenters. The third kappa shape index (κ3) is 3.86. The smallest absolute Gasteiger partial charge is 0.259 e. The maximum Gasteiger partial charge on any atom is 0.259 e. The van der Waals surface area contributed by atoms with Crippen LogP contribution in [-0.2, 0) is 0 Å². The average molecular weight is 395 g/mol. The molecule has 1 saturated heterocycles. The maximum absolute atomic E-state index is 13.3. The Morgan fingerprint density at radius 3 is 2.34 bits per heavy atom. The Morgan fingerprint density at radius 2 is 1.72 bits per heavy atom. The highest BCUT2D eigenvalue weighted by atomic mass is 19.1. The lowest BCUT2D eigenvalue weighted by atomic mass is 10.0. The van der Waals surface area contributed by atoms with E-state index in [4.69, 9.17) is 4.52 Å². The van der Waals surface area contributed by atoms with Crippen LogP contribution in [0.25, 0.3) is 11.3 Å². The molecule has 0 unspecified atom stereocenters. The van der Waals surface area contributed by atoms with E-state index in [0.717, 1.165) is 5.69 Å². The van der Waals surface area contributed by atoms with Gasteiger partial charge in [0.25, 0.3) is 5.91 Å². The number of aliphatic hydroxyl groups is 1. The van der Waals surface area contributed by atoms with E-state index in [2.05, 4.69) is 22.2 Å². The number of para-hydroxylation sites is 1. The topological polar surface area (TPSA) is 69.8 Å². The van der Waals surface area contributed by atoms with Gasteiger partial charge in [0.05, 0.1) is 0 Å². The molecule has 6 nitrogen and oxygen atoms in total. The van der Waals surface area contributed by atoms with Gasteiger partial charge in [-0.25, -0.2) is 4.39 Å². The molecule has 0 aliphatic carbocycles. The molecule has 2 aromatic carbocycles. The second-order valence-electron chi connectivity index (χ2n) is 7.07. The summed E-state index contributed by atoms with van der Waals surface area (Å²) >= 11 is 0. The molecular weight excluding hydrogens is 373 g/mol. The first-order chi connectivity index (χ1) is 14.0. The highest BCUT2D eigenvalue weighted by Crippen LogP contribution is 2.31. The van der Waals surface area contributed by atoms with Crippen LogP contribution >= 0.6 is 0 Å². The predicted octanol–water partition coefficient (Wildman–Crippen LogP) is 3.50. The van der Waals surface area contributed by atoms with Crippen molar-refractivity contribution >= 4 is 11.6 Å². The third-order valence-electron chi connectivity index (χ3n) is 5.12. The second-order valence-corrected chi connectivity index (χ2v) is 7.07. The maximum atomic E-state index is 13.3. The van der Waals surface area contributed by atoms with Gasteiger partial charge in [-0.1, -0.05) is 23.4 Å². The number of benzene rings is 2. The summed E-state index contributed by atoms with van der Waals surface area (Å²) in [5, 5.41) is 14.1. The Bertz CT molecular complexity index is 978. The van der Waals surface area contributed by atoms with Crippen LogP contribution < -0.4 is 4.90 Å².